The van der Waals surface area contributed by atoms with Crippen molar-refractivity contribution in [2.24, 2.45) is 0 Å². The zero-order chi connectivity index (χ0) is 23.3. The van der Waals surface area contributed by atoms with E-state index in [1.807, 2.05) is 0 Å². The number of benzene rings is 3. The Morgan fingerprint density at radius 3 is 2.22 bits per heavy atom. The van der Waals surface area contributed by atoms with Crippen LogP contribution in [0.2, 0.25) is 0 Å². The summed E-state index contributed by atoms with van der Waals surface area (Å²) in [6, 6.07) is 13.9. The van der Waals surface area contributed by atoms with Crippen molar-refractivity contribution in [1.29, 1.82) is 0 Å². The number of alkyl halides is 3. The first kappa shape index (κ1) is 23.0. The van der Waals surface area contributed by atoms with E-state index < -0.39 is 35.1 Å². The number of hydrogen-bond acceptors (Lipinski definition) is 3. The molecule has 2 amide bonds. The first-order valence-electron chi connectivity index (χ1n) is 9.35. The molecule has 5 nitrogen and oxygen atoms in total. The van der Waals surface area contributed by atoms with Crippen LogP contribution in [0.3, 0.4) is 0 Å². The van der Waals surface area contributed by atoms with Gasteiger partial charge in [0.2, 0.25) is 0 Å². The van der Waals surface area contributed by atoms with Crippen LogP contribution in [-0.4, -0.2) is 18.9 Å². The van der Waals surface area contributed by atoms with Crippen LogP contribution in [0.25, 0.3) is 0 Å². The zero-order valence-electron chi connectivity index (χ0n) is 16.8. The molecule has 3 rings (SSSR count). The summed E-state index contributed by atoms with van der Waals surface area (Å²) in [4.78, 5) is 24.7. The van der Waals surface area contributed by atoms with Crippen molar-refractivity contribution in [2.45, 2.75) is 12.8 Å². The molecular weight excluding hydrogens is 428 g/mol. The molecule has 0 bridgehead atoms. The van der Waals surface area contributed by atoms with Crippen molar-refractivity contribution in [2.75, 3.05) is 17.7 Å². The second-order valence-electron chi connectivity index (χ2n) is 6.81. The molecule has 0 atom stereocenters. The molecule has 0 aromatic heterocycles. The van der Waals surface area contributed by atoms with Gasteiger partial charge in [-0.3, -0.25) is 9.59 Å². The number of ether oxygens (including phenoxy) is 1. The third-order valence-electron chi connectivity index (χ3n) is 4.44. The molecule has 0 heterocycles. The van der Waals surface area contributed by atoms with Crippen LogP contribution < -0.4 is 10.6 Å². The lowest BCUT2D eigenvalue weighted by molar-refractivity contribution is -0.136. The van der Waals surface area contributed by atoms with Gasteiger partial charge in [0.05, 0.1) is 17.9 Å². The summed E-state index contributed by atoms with van der Waals surface area (Å²) in [7, 11) is 1.48. The quantitative estimate of drug-likeness (QED) is 0.492. The highest BCUT2D eigenvalue weighted by molar-refractivity contribution is 6.06. The van der Waals surface area contributed by atoms with Gasteiger partial charge in [-0.25, -0.2) is 4.39 Å². The van der Waals surface area contributed by atoms with Gasteiger partial charge >= 0.3 is 6.18 Å². The van der Waals surface area contributed by atoms with Gasteiger partial charge in [0.25, 0.3) is 11.8 Å². The maximum atomic E-state index is 13.6. The SMILES string of the molecule is COCc1cccc(C(=O)Nc2ccc(NC(=O)c3ccc(F)cc3)cc2C(F)(F)F)c1. The minimum atomic E-state index is -4.79. The molecule has 0 saturated heterocycles. The van der Waals surface area contributed by atoms with Crippen LogP contribution in [0, 0.1) is 5.82 Å². The summed E-state index contributed by atoms with van der Waals surface area (Å²) in [6.07, 6.45) is -4.79. The largest absolute Gasteiger partial charge is 0.418 e. The molecule has 166 valence electrons. The smallest absolute Gasteiger partial charge is 0.380 e. The van der Waals surface area contributed by atoms with E-state index in [0.29, 0.717) is 5.56 Å². The highest BCUT2D eigenvalue weighted by atomic mass is 19.4. The van der Waals surface area contributed by atoms with Crippen LogP contribution in [0.5, 0.6) is 0 Å². The van der Waals surface area contributed by atoms with E-state index >= 15 is 0 Å². The fourth-order valence-corrected chi connectivity index (χ4v) is 2.93. The summed E-state index contributed by atoms with van der Waals surface area (Å²) >= 11 is 0. The molecule has 0 aliphatic heterocycles. The van der Waals surface area contributed by atoms with Crippen molar-refractivity contribution in [3.8, 4) is 0 Å². The number of methoxy groups -OCH3 is 1. The van der Waals surface area contributed by atoms with Crippen LogP contribution in [0.15, 0.2) is 66.7 Å². The average molecular weight is 446 g/mol. The molecule has 9 heteroatoms. The predicted molar refractivity (Wildman–Crippen MR) is 111 cm³/mol. The molecule has 0 saturated carbocycles. The number of halogens is 4. The molecule has 0 spiro atoms. The number of amides is 2. The van der Waals surface area contributed by atoms with Crippen molar-refractivity contribution in [1.82, 2.24) is 0 Å². The summed E-state index contributed by atoms with van der Waals surface area (Å²) in [6.45, 7) is 0.247. The van der Waals surface area contributed by atoms with E-state index in [1.165, 1.54) is 37.4 Å². The lowest BCUT2D eigenvalue weighted by Crippen LogP contribution is -2.18. The Morgan fingerprint density at radius 1 is 0.875 bits per heavy atom. The monoisotopic (exact) mass is 446 g/mol. The molecule has 32 heavy (non-hydrogen) atoms. The molecule has 0 fully saturated rings. The minimum absolute atomic E-state index is 0.0771. The van der Waals surface area contributed by atoms with Gasteiger partial charge in [-0.05, 0) is 60.2 Å². The number of rotatable bonds is 6. The van der Waals surface area contributed by atoms with E-state index in [-0.39, 0.29) is 23.4 Å². The van der Waals surface area contributed by atoms with Crippen LogP contribution in [-0.2, 0) is 17.5 Å². The van der Waals surface area contributed by atoms with E-state index in [2.05, 4.69) is 10.6 Å². The normalized spacial score (nSPS) is 11.2. The number of carbonyl (C=O) groups is 2. The third-order valence-corrected chi connectivity index (χ3v) is 4.44. The van der Waals surface area contributed by atoms with Crippen molar-refractivity contribution < 1.29 is 31.9 Å². The maximum absolute atomic E-state index is 13.6. The Labute approximate surface area is 181 Å². The summed E-state index contributed by atoms with van der Waals surface area (Å²) in [5.41, 5.74) is -0.786. The molecule has 0 aliphatic rings. The van der Waals surface area contributed by atoms with E-state index in [0.717, 1.165) is 24.3 Å². The fourth-order valence-electron chi connectivity index (χ4n) is 2.93. The minimum Gasteiger partial charge on any atom is -0.380 e. The lowest BCUT2D eigenvalue weighted by atomic mass is 10.1. The Morgan fingerprint density at radius 2 is 1.56 bits per heavy atom. The average Bonchev–Trinajstić information content (AvgIpc) is 2.75. The molecule has 0 radical (unpaired) electrons. The predicted octanol–water partition coefficient (Wildman–Crippen LogP) is 5.50. The van der Waals surface area contributed by atoms with E-state index in [1.54, 1.807) is 12.1 Å². The maximum Gasteiger partial charge on any atom is 0.418 e. The number of hydrogen-bond donors (Lipinski definition) is 2. The van der Waals surface area contributed by atoms with Gasteiger partial charge in [0.15, 0.2) is 0 Å². The van der Waals surface area contributed by atoms with Gasteiger partial charge in [0, 0.05) is 23.9 Å². The van der Waals surface area contributed by atoms with Gasteiger partial charge in [0.1, 0.15) is 5.82 Å². The highest BCUT2D eigenvalue weighted by Gasteiger charge is 2.34. The first-order valence-corrected chi connectivity index (χ1v) is 9.35. The summed E-state index contributed by atoms with van der Waals surface area (Å²) in [5.74, 6) is -1.98. The van der Waals surface area contributed by atoms with E-state index in [4.69, 9.17) is 4.74 Å². The molecule has 2 N–H and O–H groups in total. The number of anilines is 2. The van der Waals surface area contributed by atoms with Crippen LogP contribution in [0.4, 0.5) is 28.9 Å². The Kier molecular flexibility index (Phi) is 6.89. The zero-order valence-corrected chi connectivity index (χ0v) is 16.8. The summed E-state index contributed by atoms with van der Waals surface area (Å²) < 4.78 is 58.9. The van der Waals surface area contributed by atoms with Crippen molar-refractivity contribution in [3.05, 3.63) is 94.8 Å². The molecule has 3 aromatic rings. The van der Waals surface area contributed by atoms with Gasteiger partial charge in [-0.15, -0.1) is 0 Å². The van der Waals surface area contributed by atoms with Crippen molar-refractivity contribution in [3.63, 3.8) is 0 Å². The van der Waals surface area contributed by atoms with Crippen LogP contribution >= 0.6 is 0 Å². The Bertz CT molecular complexity index is 1130. The van der Waals surface area contributed by atoms with Crippen LogP contribution in [0.1, 0.15) is 31.8 Å². The molecular formula is C23H18F4N2O3. The second kappa shape index (κ2) is 9.61. The van der Waals surface area contributed by atoms with Crippen molar-refractivity contribution >= 4 is 23.2 Å². The third kappa shape index (κ3) is 5.70. The molecule has 0 aliphatic carbocycles. The summed E-state index contributed by atoms with van der Waals surface area (Å²) in [5, 5.41) is 4.60. The van der Waals surface area contributed by atoms with E-state index in [9.17, 15) is 27.2 Å². The topological polar surface area (TPSA) is 67.4 Å². The second-order valence-corrected chi connectivity index (χ2v) is 6.81. The lowest BCUT2D eigenvalue weighted by Gasteiger charge is -2.16. The molecule has 3 aromatic carbocycles. The fraction of sp³-hybridized carbons (Fsp3) is 0.130. The standard InChI is InChI=1S/C23H18F4N2O3/c1-32-13-14-3-2-4-16(11-14)22(31)29-20-10-9-18(12-19(20)23(25,26)27)28-21(30)15-5-7-17(24)8-6-15/h2-12H,13H2,1H3,(H,28,30)(H,29,31). The first-order chi connectivity index (χ1) is 15.2. The number of nitrogens with one attached hydrogen (secondary N) is 2. The Balaban J connectivity index is 1.84. The van der Waals surface area contributed by atoms with Gasteiger partial charge < -0.3 is 15.4 Å². The van der Waals surface area contributed by atoms with Gasteiger partial charge in [-0.2, -0.15) is 13.2 Å². The Hall–Kier alpha value is -3.72. The van der Waals surface area contributed by atoms with Gasteiger partial charge in [-0.1, -0.05) is 12.1 Å². The molecule has 0 unspecified atom stereocenters. The number of carbonyl (C=O) groups excluding carboxylic acids is 2. The highest BCUT2D eigenvalue weighted by Crippen LogP contribution is 2.37.